The smallest absolute Gasteiger partial charge is 0.260 e. The Labute approximate surface area is 210 Å². The Morgan fingerprint density at radius 2 is 1.94 bits per heavy atom. The number of hydrogen-bond donors (Lipinski definition) is 2. The summed E-state index contributed by atoms with van der Waals surface area (Å²) in [5.74, 6) is -0.0816. The number of hydrogen-bond acceptors (Lipinski definition) is 3. The molecule has 1 amide bonds. The number of para-hydroxylation sites is 1. The van der Waals surface area contributed by atoms with Crippen LogP contribution in [0.2, 0.25) is 5.02 Å². The van der Waals surface area contributed by atoms with Crippen molar-refractivity contribution < 1.29 is 4.79 Å². The maximum absolute atomic E-state index is 12.7. The summed E-state index contributed by atoms with van der Waals surface area (Å²) in [6, 6.07) is 22.3. The average Bonchev–Trinajstić information content (AvgIpc) is 3.32. The van der Waals surface area contributed by atoms with Crippen molar-refractivity contribution in [3.63, 3.8) is 0 Å². The number of nitrogens with zero attached hydrogens (tertiary/aromatic N) is 1. The van der Waals surface area contributed by atoms with Crippen molar-refractivity contribution in [3.8, 4) is 0 Å². The first-order valence-corrected chi connectivity index (χ1v) is 12.6. The molecule has 1 fully saturated rings. The second kappa shape index (κ2) is 9.29. The van der Waals surface area contributed by atoms with Crippen LogP contribution in [0.25, 0.3) is 17.0 Å². The Morgan fingerprint density at radius 1 is 1.15 bits per heavy atom. The molecule has 33 heavy (non-hydrogen) atoms. The Balaban J connectivity index is 1.42. The molecule has 0 spiro atoms. The Morgan fingerprint density at radius 3 is 2.76 bits per heavy atom. The van der Waals surface area contributed by atoms with E-state index in [1.165, 1.54) is 17.3 Å². The van der Waals surface area contributed by atoms with Gasteiger partial charge in [0, 0.05) is 44.4 Å². The van der Waals surface area contributed by atoms with E-state index in [0.29, 0.717) is 9.93 Å². The maximum Gasteiger partial charge on any atom is 0.260 e. The summed E-state index contributed by atoms with van der Waals surface area (Å²) in [5.41, 5.74) is 5.11. The molecule has 166 valence electrons. The Hall–Kier alpha value is -2.67. The summed E-state index contributed by atoms with van der Waals surface area (Å²) >= 11 is 11.1. The van der Waals surface area contributed by atoms with Crippen LogP contribution in [-0.4, -0.2) is 16.0 Å². The summed E-state index contributed by atoms with van der Waals surface area (Å²) in [5, 5.41) is 8.16. The van der Waals surface area contributed by atoms with Gasteiger partial charge in [-0.05, 0) is 54.5 Å². The molecule has 7 heteroatoms. The van der Waals surface area contributed by atoms with Crippen molar-refractivity contribution in [1.29, 1.82) is 0 Å². The van der Waals surface area contributed by atoms with Gasteiger partial charge in [0.25, 0.3) is 5.91 Å². The number of amides is 1. The lowest BCUT2D eigenvalue weighted by atomic mass is 10.1. The SMILES string of the molecule is Cc1ccc(Cl)cc1NC1NC(=O)/C(=C/c2cn(Cc3ccc(Br)cc3)c3ccccc23)S1. The van der Waals surface area contributed by atoms with E-state index in [0.717, 1.165) is 38.7 Å². The number of fused-ring (bicyclic) bond motifs is 1. The number of carbonyl (C=O) groups excluding carboxylic acids is 1. The lowest BCUT2D eigenvalue weighted by Crippen LogP contribution is -2.31. The van der Waals surface area contributed by atoms with Crippen molar-refractivity contribution >= 4 is 67.9 Å². The third-order valence-electron chi connectivity index (χ3n) is 5.59. The highest BCUT2D eigenvalue weighted by molar-refractivity contribution is 9.10. The highest BCUT2D eigenvalue weighted by Crippen LogP contribution is 2.33. The van der Waals surface area contributed by atoms with Crippen LogP contribution in [0, 0.1) is 6.92 Å². The number of aryl methyl sites for hydroxylation is 1. The van der Waals surface area contributed by atoms with Crippen LogP contribution in [0.15, 0.2) is 82.3 Å². The fraction of sp³-hybridized carbons (Fsp3) is 0.115. The van der Waals surface area contributed by atoms with E-state index in [1.54, 1.807) is 0 Å². The first kappa shape index (κ1) is 22.1. The van der Waals surface area contributed by atoms with Crippen LogP contribution in [0.4, 0.5) is 5.69 Å². The van der Waals surface area contributed by atoms with E-state index >= 15 is 0 Å². The van der Waals surface area contributed by atoms with Gasteiger partial charge in [-0.3, -0.25) is 4.79 Å². The van der Waals surface area contributed by atoms with Gasteiger partial charge in [-0.2, -0.15) is 0 Å². The second-order valence-electron chi connectivity index (χ2n) is 7.94. The van der Waals surface area contributed by atoms with Crippen molar-refractivity contribution in [1.82, 2.24) is 9.88 Å². The molecule has 5 rings (SSSR count). The van der Waals surface area contributed by atoms with Crippen LogP contribution < -0.4 is 10.6 Å². The highest BCUT2D eigenvalue weighted by Gasteiger charge is 2.28. The summed E-state index contributed by atoms with van der Waals surface area (Å²) in [6.07, 6.45) is 4.10. The summed E-state index contributed by atoms with van der Waals surface area (Å²) in [4.78, 5) is 13.4. The highest BCUT2D eigenvalue weighted by atomic mass is 79.9. The molecule has 0 radical (unpaired) electrons. The molecule has 3 aromatic carbocycles. The molecule has 4 aromatic rings. The van der Waals surface area contributed by atoms with Gasteiger partial charge in [0.15, 0.2) is 5.50 Å². The van der Waals surface area contributed by atoms with E-state index in [1.807, 2.05) is 43.3 Å². The third kappa shape index (κ3) is 4.83. The predicted octanol–water partition coefficient (Wildman–Crippen LogP) is 7.01. The van der Waals surface area contributed by atoms with E-state index in [2.05, 4.69) is 73.7 Å². The number of carbonyl (C=O) groups is 1. The largest absolute Gasteiger partial charge is 0.356 e. The first-order chi connectivity index (χ1) is 16.0. The molecule has 2 N–H and O–H groups in total. The average molecular weight is 539 g/mol. The van der Waals surface area contributed by atoms with E-state index in [-0.39, 0.29) is 11.4 Å². The molecule has 2 heterocycles. The van der Waals surface area contributed by atoms with Gasteiger partial charge in [-0.25, -0.2) is 0 Å². The number of rotatable bonds is 5. The molecule has 0 bridgehead atoms. The Bertz CT molecular complexity index is 1380. The van der Waals surface area contributed by atoms with Gasteiger partial charge in [0.2, 0.25) is 0 Å². The number of anilines is 1. The summed E-state index contributed by atoms with van der Waals surface area (Å²) in [7, 11) is 0. The zero-order valence-corrected chi connectivity index (χ0v) is 21.0. The van der Waals surface area contributed by atoms with Gasteiger partial charge >= 0.3 is 0 Å². The number of benzene rings is 3. The van der Waals surface area contributed by atoms with E-state index in [9.17, 15) is 4.79 Å². The van der Waals surface area contributed by atoms with Gasteiger partial charge in [-0.15, -0.1) is 0 Å². The number of aromatic nitrogens is 1. The molecule has 1 unspecified atom stereocenters. The van der Waals surface area contributed by atoms with Crippen LogP contribution >= 0.6 is 39.3 Å². The monoisotopic (exact) mass is 537 g/mol. The zero-order valence-electron chi connectivity index (χ0n) is 17.8. The topological polar surface area (TPSA) is 46.1 Å². The van der Waals surface area contributed by atoms with E-state index in [4.69, 9.17) is 11.6 Å². The number of nitrogens with one attached hydrogen (secondary N) is 2. The van der Waals surface area contributed by atoms with Gasteiger partial charge in [0.1, 0.15) is 0 Å². The van der Waals surface area contributed by atoms with Crippen LogP contribution in [0.5, 0.6) is 0 Å². The molecule has 1 atom stereocenters. The van der Waals surface area contributed by atoms with Gasteiger partial charge in [0.05, 0.1) is 4.91 Å². The van der Waals surface area contributed by atoms with Crippen LogP contribution in [0.3, 0.4) is 0 Å². The van der Waals surface area contributed by atoms with Crippen molar-refractivity contribution in [2.24, 2.45) is 0 Å². The number of thioether (sulfide) groups is 1. The fourth-order valence-electron chi connectivity index (χ4n) is 3.90. The lowest BCUT2D eigenvalue weighted by molar-refractivity contribution is -0.116. The summed E-state index contributed by atoms with van der Waals surface area (Å²) < 4.78 is 3.29. The number of halogens is 2. The predicted molar refractivity (Wildman–Crippen MR) is 142 cm³/mol. The fourth-order valence-corrected chi connectivity index (χ4v) is 5.31. The molecular formula is C26H21BrClN3OS. The van der Waals surface area contributed by atoms with Crippen molar-refractivity contribution in [2.75, 3.05) is 5.32 Å². The molecule has 0 aliphatic carbocycles. The van der Waals surface area contributed by atoms with E-state index < -0.39 is 0 Å². The standard InChI is InChI=1S/C26H21BrClN3OS/c1-16-6-11-20(28)13-22(16)29-26-30-25(32)24(33-26)12-18-15-31(23-5-3-2-4-21(18)23)14-17-7-9-19(27)10-8-17/h2-13,15,26,29H,14H2,1H3,(H,30,32)/b24-12-. The van der Waals surface area contributed by atoms with Gasteiger partial charge in [-0.1, -0.05) is 75.7 Å². The third-order valence-corrected chi connectivity index (χ3v) is 7.38. The normalized spacial score (nSPS) is 17.0. The van der Waals surface area contributed by atoms with Crippen molar-refractivity contribution in [3.05, 3.63) is 104 Å². The second-order valence-corrected chi connectivity index (χ2v) is 10.4. The molecular weight excluding hydrogens is 518 g/mol. The molecule has 1 aromatic heterocycles. The minimum Gasteiger partial charge on any atom is -0.356 e. The quantitative estimate of drug-likeness (QED) is 0.269. The lowest BCUT2D eigenvalue weighted by Gasteiger charge is -2.15. The summed E-state index contributed by atoms with van der Waals surface area (Å²) in [6.45, 7) is 2.77. The van der Waals surface area contributed by atoms with Gasteiger partial charge < -0.3 is 15.2 Å². The zero-order chi connectivity index (χ0) is 22.9. The molecule has 4 nitrogen and oxygen atoms in total. The van der Waals surface area contributed by atoms with Crippen LogP contribution in [0.1, 0.15) is 16.7 Å². The maximum atomic E-state index is 12.7. The molecule has 1 saturated heterocycles. The molecule has 0 saturated carbocycles. The Kier molecular flexibility index (Phi) is 6.23. The molecule has 1 aliphatic heterocycles. The van der Waals surface area contributed by atoms with Crippen molar-refractivity contribution in [2.45, 2.75) is 19.0 Å². The first-order valence-electron chi connectivity index (χ1n) is 10.5. The minimum absolute atomic E-state index is 0.0816. The van der Waals surface area contributed by atoms with Crippen LogP contribution in [-0.2, 0) is 11.3 Å². The molecule has 1 aliphatic rings. The minimum atomic E-state index is -0.253.